The van der Waals surface area contributed by atoms with E-state index < -0.39 is 5.95 Å². The molecule has 0 spiro atoms. The van der Waals surface area contributed by atoms with Gasteiger partial charge in [-0.3, -0.25) is 4.68 Å². The molecule has 0 radical (unpaired) electrons. The molecule has 116 valence electrons. The molecule has 0 saturated heterocycles. The van der Waals surface area contributed by atoms with Crippen LogP contribution in [0.3, 0.4) is 0 Å². The van der Waals surface area contributed by atoms with Crippen molar-refractivity contribution in [2.75, 3.05) is 0 Å². The van der Waals surface area contributed by atoms with E-state index in [1.54, 1.807) is 12.1 Å². The zero-order valence-electron chi connectivity index (χ0n) is 12.3. The Morgan fingerprint density at radius 1 is 1.22 bits per heavy atom. The van der Waals surface area contributed by atoms with E-state index in [0.29, 0.717) is 18.7 Å². The number of nitrogens with zero attached hydrogens (tertiary/aromatic N) is 3. The number of hydrogen-bond acceptors (Lipinski definition) is 3. The maximum Gasteiger partial charge on any atom is 0.222 e. The van der Waals surface area contributed by atoms with E-state index in [9.17, 15) is 4.39 Å². The highest BCUT2D eigenvalue weighted by atomic mass is 79.9. The number of aromatic nitrogens is 3. The molecule has 4 rings (SSSR count). The van der Waals surface area contributed by atoms with Gasteiger partial charge in [0.2, 0.25) is 5.95 Å². The van der Waals surface area contributed by atoms with Crippen LogP contribution in [0.4, 0.5) is 4.39 Å². The van der Waals surface area contributed by atoms with E-state index >= 15 is 0 Å². The Hall–Kier alpha value is -2.05. The molecule has 0 saturated carbocycles. The van der Waals surface area contributed by atoms with E-state index in [-0.39, 0.29) is 0 Å². The summed E-state index contributed by atoms with van der Waals surface area (Å²) < 4.78 is 17.1. The third-order valence-electron chi connectivity index (χ3n) is 3.96. The second-order valence-electron chi connectivity index (χ2n) is 5.51. The molecule has 0 aliphatic carbocycles. The smallest absolute Gasteiger partial charge is 0.222 e. The van der Waals surface area contributed by atoms with Crippen molar-refractivity contribution < 1.29 is 4.39 Å². The molecule has 2 aromatic heterocycles. The quantitative estimate of drug-likeness (QED) is 0.715. The summed E-state index contributed by atoms with van der Waals surface area (Å²) in [6.07, 6.45) is 1.46. The van der Waals surface area contributed by atoms with Crippen LogP contribution in [0.15, 0.2) is 47.1 Å². The van der Waals surface area contributed by atoms with Crippen LogP contribution < -0.4 is 5.32 Å². The van der Waals surface area contributed by atoms with Crippen molar-refractivity contribution in [1.82, 2.24) is 20.1 Å². The summed E-state index contributed by atoms with van der Waals surface area (Å²) in [5.74, 6) is -0.461. The van der Waals surface area contributed by atoms with E-state index in [1.807, 2.05) is 22.9 Å². The van der Waals surface area contributed by atoms with Gasteiger partial charge in [0, 0.05) is 29.3 Å². The predicted octanol–water partition coefficient (Wildman–Crippen LogP) is 3.50. The largest absolute Gasteiger partial charge is 0.307 e. The Bertz CT molecular complexity index is 875. The molecule has 1 aliphatic rings. The maximum atomic E-state index is 14.2. The minimum absolute atomic E-state index is 0.461. The van der Waals surface area contributed by atoms with Crippen LogP contribution in [0.1, 0.15) is 16.8 Å². The highest BCUT2D eigenvalue weighted by molar-refractivity contribution is 9.10. The molecule has 23 heavy (non-hydrogen) atoms. The molecular formula is C17H14BrFN4. The molecule has 0 fully saturated rings. The lowest BCUT2D eigenvalue weighted by atomic mass is 10.1. The Balaban J connectivity index is 1.83. The number of pyridine rings is 1. The summed E-state index contributed by atoms with van der Waals surface area (Å²) >= 11 is 3.49. The second kappa shape index (κ2) is 5.86. The molecule has 0 atom stereocenters. The van der Waals surface area contributed by atoms with E-state index in [1.165, 1.54) is 6.20 Å². The van der Waals surface area contributed by atoms with Crippen LogP contribution in [0.5, 0.6) is 0 Å². The monoisotopic (exact) mass is 372 g/mol. The van der Waals surface area contributed by atoms with Gasteiger partial charge in [-0.2, -0.15) is 9.49 Å². The number of halogens is 2. The van der Waals surface area contributed by atoms with Crippen molar-refractivity contribution >= 4 is 15.9 Å². The summed E-state index contributed by atoms with van der Waals surface area (Å²) in [7, 11) is 0. The molecule has 0 unspecified atom stereocenters. The second-order valence-corrected chi connectivity index (χ2v) is 6.42. The lowest BCUT2D eigenvalue weighted by Crippen LogP contribution is -2.10. The fourth-order valence-corrected chi connectivity index (χ4v) is 3.42. The van der Waals surface area contributed by atoms with Crippen LogP contribution in [-0.2, 0) is 19.6 Å². The first-order valence-corrected chi connectivity index (χ1v) is 8.16. The first kappa shape index (κ1) is 14.5. The number of benzene rings is 1. The molecule has 3 heterocycles. The van der Waals surface area contributed by atoms with Gasteiger partial charge < -0.3 is 5.32 Å². The molecule has 1 aromatic carbocycles. The summed E-state index contributed by atoms with van der Waals surface area (Å²) in [4.78, 5) is 3.79. The lowest BCUT2D eigenvalue weighted by molar-refractivity contribution is 0.581. The van der Waals surface area contributed by atoms with Gasteiger partial charge in [0.1, 0.15) is 0 Å². The van der Waals surface area contributed by atoms with Crippen LogP contribution in [0.25, 0.3) is 11.3 Å². The first-order valence-electron chi connectivity index (χ1n) is 7.37. The van der Waals surface area contributed by atoms with E-state index in [0.717, 1.165) is 33.5 Å². The van der Waals surface area contributed by atoms with Crippen molar-refractivity contribution in [1.29, 1.82) is 0 Å². The highest BCUT2D eigenvalue weighted by Gasteiger charge is 2.24. The average molecular weight is 373 g/mol. The van der Waals surface area contributed by atoms with Gasteiger partial charge in [0.05, 0.1) is 23.5 Å². The van der Waals surface area contributed by atoms with Gasteiger partial charge in [0.25, 0.3) is 0 Å². The van der Waals surface area contributed by atoms with Crippen molar-refractivity contribution in [2.24, 2.45) is 0 Å². The van der Waals surface area contributed by atoms with Gasteiger partial charge in [-0.15, -0.1) is 0 Å². The molecule has 0 amide bonds. The minimum atomic E-state index is -0.461. The molecule has 6 heteroatoms. The number of nitrogens with one attached hydrogen (secondary N) is 1. The van der Waals surface area contributed by atoms with Crippen molar-refractivity contribution in [3.8, 4) is 11.3 Å². The summed E-state index contributed by atoms with van der Waals surface area (Å²) in [5, 5.41) is 7.95. The molecule has 0 bridgehead atoms. The topological polar surface area (TPSA) is 42.7 Å². The summed E-state index contributed by atoms with van der Waals surface area (Å²) in [6.45, 7) is 2.02. The normalized spacial score (nSPS) is 13.3. The number of hydrogen-bond donors (Lipinski definition) is 1. The van der Waals surface area contributed by atoms with Crippen LogP contribution in [-0.4, -0.2) is 14.8 Å². The fourth-order valence-electron chi connectivity index (χ4n) is 2.97. The SMILES string of the molecule is Fc1ncccc1-c1c2c(nn1Cc1cccc(Br)c1)CNC2. The summed E-state index contributed by atoms with van der Waals surface area (Å²) in [6, 6.07) is 11.6. The van der Waals surface area contributed by atoms with Crippen LogP contribution in [0, 0.1) is 5.95 Å². The molecule has 4 nitrogen and oxygen atoms in total. The zero-order valence-corrected chi connectivity index (χ0v) is 13.8. The highest BCUT2D eigenvalue weighted by Crippen LogP contribution is 2.31. The van der Waals surface area contributed by atoms with Gasteiger partial charge in [-0.25, -0.2) is 4.98 Å². The third kappa shape index (κ3) is 2.68. The van der Waals surface area contributed by atoms with Crippen molar-refractivity contribution in [3.63, 3.8) is 0 Å². The fraction of sp³-hybridized carbons (Fsp3) is 0.176. The Morgan fingerprint density at radius 2 is 2.13 bits per heavy atom. The Morgan fingerprint density at radius 3 is 2.96 bits per heavy atom. The Kier molecular flexibility index (Phi) is 3.71. The van der Waals surface area contributed by atoms with Gasteiger partial charge in [0.15, 0.2) is 0 Å². The zero-order chi connectivity index (χ0) is 15.8. The van der Waals surface area contributed by atoms with Crippen LogP contribution in [0.2, 0.25) is 0 Å². The Labute approximate surface area is 141 Å². The third-order valence-corrected chi connectivity index (χ3v) is 4.46. The minimum Gasteiger partial charge on any atom is -0.307 e. The lowest BCUT2D eigenvalue weighted by Gasteiger charge is -2.11. The predicted molar refractivity (Wildman–Crippen MR) is 89.2 cm³/mol. The number of fused-ring (bicyclic) bond motifs is 1. The molecule has 1 aliphatic heterocycles. The van der Waals surface area contributed by atoms with Crippen LogP contribution >= 0.6 is 15.9 Å². The van der Waals surface area contributed by atoms with Crippen molar-refractivity contribution in [3.05, 3.63) is 69.8 Å². The molecule has 3 aromatic rings. The van der Waals surface area contributed by atoms with Crippen molar-refractivity contribution in [2.45, 2.75) is 19.6 Å². The summed E-state index contributed by atoms with van der Waals surface area (Å²) in [5.41, 5.74) is 4.47. The van der Waals surface area contributed by atoms with Gasteiger partial charge >= 0.3 is 0 Å². The molecular weight excluding hydrogens is 359 g/mol. The van der Waals surface area contributed by atoms with E-state index in [2.05, 4.69) is 37.4 Å². The number of rotatable bonds is 3. The van der Waals surface area contributed by atoms with Gasteiger partial charge in [-0.05, 0) is 29.8 Å². The maximum absolute atomic E-state index is 14.2. The average Bonchev–Trinajstić information content (AvgIpc) is 3.09. The van der Waals surface area contributed by atoms with Gasteiger partial charge in [-0.1, -0.05) is 28.1 Å². The standard InChI is InChI=1S/C17H14BrFN4/c18-12-4-1-3-11(7-12)10-23-16(13-5-2-6-21-17(13)19)14-8-20-9-15(14)22-23/h1-7,20H,8-10H2. The first-order chi connectivity index (χ1) is 11.2. The molecule has 1 N–H and O–H groups in total. The van der Waals surface area contributed by atoms with E-state index in [4.69, 9.17) is 0 Å².